The average molecular weight is 679 g/mol. The molecule has 5 rings (SSSR count). The summed E-state index contributed by atoms with van der Waals surface area (Å²) in [5.41, 5.74) is 5.03. The van der Waals surface area contributed by atoms with Crippen molar-refractivity contribution in [3.05, 3.63) is 115 Å². The van der Waals surface area contributed by atoms with E-state index in [-0.39, 0.29) is 18.3 Å². The second kappa shape index (κ2) is 20.3. The summed E-state index contributed by atoms with van der Waals surface area (Å²) in [6, 6.07) is 23.0. The van der Waals surface area contributed by atoms with Crippen molar-refractivity contribution in [2.24, 2.45) is 0 Å². The van der Waals surface area contributed by atoms with Gasteiger partial charge in [0.05, 0.1) is 10.8 Å². The molecule has 0 fully saturated rings. The van der Waals surface area contributed by atoms with Gasteiger partial charge in [0.1, 0.15) is 11.2 Å². The number of unbranched alkanes of at least 4 members (excludes halogenated alkanes) is 4. The van der Waals surface area contributed by atoms with E-state index in [1.807, 2.05) is 68.4 Å². The molecule has 2 heterocycles. The minimum atomic E-state index is 0. The molecule has 0 unspecified atom stereocenters. The molecule has 0 bridgehead atoms. The standard InChI is InChI=1S/C22H20O2S.C19H22O2S.CH4/c1-3-4-5-8-17-11-13-18(14-12-17)15-25-22-16(2)21(23)19-9-6-7-10-20(19)24-22;1-3-4-5-6-7-8-11-14-22-19-15(2)18(20)16-12-9-10-13-17(16)21-19;/h6-7,9-14H,3-4,15H2,1-2H3;9-10,12-13H,3-5,8,11,14H2,1-2H3;1H4. The summed E-state index contributed by atoms with van der Waals surface area (Å²) in [4.78, 5) is 24.7. The van der Waals surface area contributed by atoms with Gasteiger partial charge in [-0.25, -0.2) is 0 Å². The van der Waals surface area contributed by atoms with Crippen LogP contribution < -0.4 is 10.9 Å². The fourth-order valence-electron chi connectivity index (χ4n) is 4.59. The molecule has 2 aromatic heterocycles. The van der Waals surface area contributed by atoms with E-state index in [9.17, 15) is 9.59 Å². The van der Waals surface area contributed by atoms with Crippen LogP contribution in [0.5, 0.6) is 0 Å². The highest BCUT2D eigenvalue weighted by Gasteiger charge is 2.12. The van der Waals surface area contributed by atoms with Crippen molar-refractivity contribution in [1.29, 1.82) is 0 Å². The molecule has 250 valence electrons. The topological polar surface area (TPSA) is 60.4 Å². The third-order valence-electron chi connectivity index (χ3n) is 7.35. The average Bonchev–Trinajstić information content (AvgIpc) is 3.10. The maximum Gasteiger partial charge on any atom is 0.196 e. The van der Waals surface area contributed by atoms with E-state index in [2.05, 4.69) is 49.7 Å². The molecular weight excluding hydrogens is 633 g/mol. The summed E-state index contributed by atoms with van der Waals surface area (Å²) < 4.78 is 11.8. The molecule has 0 radical (unpaired) electrons. The second-order valence-electron chi connectivity index (χ2n) is 11.1. The van der Waals surface area contributed by atoms with Gasteiger partial charge in [-0.2, -0.15) is 0 Å². The van der Waals surface area contributed by atoms with Gasteiger partial charge >= 0.3 is 0 Å². The molecule has 5 aromatic rings. The first kappa shape index (κ1) is 38.3. The number of fused-ring (bicyclic) bond motifs is 2. The fourth-order valence-corrected chi connectivity index (χ4v) is 6.47. The number of benzene rings is 3. The van der Waals surface area contributed by atoms with E-state index in [0.29, 0.717) is 38.2 Å². The summed E-state index contributed by atoms with van der Waals surface area (Å²) in [5, 5.41) is 2.73. The summed E-state index contributed by atoms with van der Waals surface area (Å²) in [7, 11) is 0. The van der Waals surface area contributed by atoms with Crippen LogP contribution in [-0.4, -0.2) is 5.75 Å². The molecule has 0 saturated heterocycles. The Hall–Kier alpha value is -4.10. The van der Waals surface area contributed by atoms with E-state index in [1.165, 1.54) is 18.4 Å². The van der Waals surface area contributed by atoms with Crippen LogP contribution in [0.25, 0.3) is 21.9 Å². The van der Waals surface area contributed by atoms with Crippen molar-refractivity contribution in [2.75, 3.05) is 5.75 Å². The fraction of sp³-hybridized carbons (Fsp3) is 0.333. The maximum absolute atomic E-state index is 12.4. The lowest BCUT2D eigenvalue weighted by molar-refractivity contribution is 0.492. The predicted octanol–water partition coefficient (Wildman–Crippen LogP) is 11.3. The van der Waals surface area contributed by atoms with Crippen LogP contribution in [0.4, 0.5) is 0 Å². The van der Waals surface area contributed by atoms with Crippen LogP contribution in [0, 0.1) is 37.5 Å². The van der Waals surface area contributed by atoms with Gasteiger partial charge < -0.3 is 8.83 Å². The Balaban J connectivity index is 0.000000257. The Morgan fingerprint density at radius 3 is 1.73 bits per heavy atom. The van der Waals surface area contributed by atoms with Crippen molar-refractivity contribution in [3.63, 3.8) is 0 Å². The molecular formula is C42H46O4S2. The summed E-state index contributed by atoms with van der Waals surface area (Å²) in [6.07, 6.45) is 7.32. The second-order valence-corrected chi connectivity index (χ2v) is 13.1. The number of hydrogen-bond donors (Lipinski definition) is 0. The summed E-state index contributed by atoms with van der Waals surface area (Å²) in [6.45, 7) is 7.97. The Morgan fingerprint density at radius 2 is 1.17 bits per heavy atom. The summed E-state index contributed by atoms with van der Waals surface area (Å²) >= 11 is 3.16. The summed E-state index contributed by atoms with van der Waals surface area (Å²) in [5.74, 6) is 14.4. The predicted molar refractivity (Wildman–Crippen MR) is 206 cm³/mol. The zero-order valence-corrected chi connectivity index (χ0v) is 29.4. The third kappa shape index (κ3) is 11.0. The molecule has 0 aliphatic rings. The molecule has 0 atom stereocenters. The first-order valence-electron chi connectivity index (χ1n) is 16.3. The smallest absolute Gasteiger partial charge is 0.196 e. The van der Waals surface area contributed by atoms with Crippen LogP contribution in [0.2, 0.25) is 0 Å². The Kier molecular flexibility index (Phi) is 16.2. The van der Waals surface area contributed by atoms with Gasteiger partial charge in [0, 0.05) is 47.5 Å². The van der Waals surface area contributed by atoms with E-state index < -0.39 is 0 Å². The highest BCUT2D eigenvalue weighted by Crippen LogP contribution is 2.28. The molecule has 6 heteroatoms. The number of rotatable bonds is 10. The number of hydrogen-bond acceptors (Lipinski definition) is 6. The van der Waals surface area contributed by atoms with Crippen molar-refractivity contribution in [1.82, 2.24) is 0 Å². The Bertz CT molecular complexity index is 2020. The minimum absolute atomic E-state index is 0. The first-order valence-corrected chi connectivity index (χ1v) is 18.2. The largest absolute Gasteiger partial charge is 0.449 e. The van der Waals surface area contributed by atoms with Crippen LogP contribution in [0.1, 0.15) is 88.5 Å². The quantitative estimate of drug-likeness (QED) is 0.0832. The number of thioether (sulfide) groups is 2. The normalized spacial score (nSPS) is 10.2. The van der Waals surface area contributed by atoms with Crippen molar-refractivity contribution >= 4 is 45.5 Å². The molecule has 0 saturated carbocycles. The molecule has 4 nitrogen and oxygen atoms in total. The van der Waals surface area contributed by atoms with Gasteiger partial charge in [0.25, 0.3) is 0 Å². The van der Waals surface area contributed by atoms with Gasteiger partial charge in [0.15, 0.2) is 21.0 Å². The van der Waals surface area contributed by atoms with Crippen LogP contribution in [0.15, 0.2) is 101 Å². The molecule has 48 heavy (non-hydrogen) atoms. The van der Waals surface area contributed by atoms with Gasteiger partial charge in [-0.15, -0.1) is 11.8 Å². The lowest BCUT2D eigenvalue weighted by Crippen LogP contribution is -2.06. The van der Waals surface area contributed by atoms with Crippen LogP contribution in [0.3, 0.4) is 0 Å². The van der Waals surface area contributed by atoms with Gasteiger partial charge in [-0.05, 0) is 75.1 Å². The SMILES string of the molecule is C.CCCC#Cc1ccc(CSc2oc3ccccc3c(=O)c2C)cc1.CCCCC#CCCCSc1oc2ccccc2c(=O)c1C. The molecule has 3 aromatic carbocycles. The van der Waals surface area contributed by atoms with E-state index in [1.54, 1.807) is 29.6 Å². The van der Waals surface area contributed by atoms with Crippen molar-refractivity contribution in [3.8, 4) is 23.7 Å². The highest BCUT2D eigenvalue weighted by atomic mass is 32.2. The Labute approximate surface area is 294 Å². The highest BCUT2D eigenvalue weighted by molar-refractivity contribution is 7.99. The van der Waals surface area contributed by atoms with Crippen LogP contribution in [-0.2, 0) is 5.75 Å². The molecule has 0 spiro atoms. The maximum atomic E-state index is 12.4. The lowest BCUT2D eigenvalue weighted by atomic mass is 10.1. The third-order valence-corrected chi connectivity index (χ3v) is 9.63. The van der Waals surface area contributed by atoms with E-state index in [4.69, 9.17) is 8.83 Å². The van der Waals surface area contributed by atoms with Crippen molar-refractivity contribution in [2.45, 2.75) is 96.0 Å². The Morgan fingerprint density at radius 1 is 0.625 bits per heavy atom. The monoisotopic (exact) mass is 678 g/mol. The molecule has 0 N–H and O–H groups in total. The van der Waals surface area contributed by atoms with Crippen LogP contribution >= 0.6 is 23.5 Å². The zero-order chi connectivity index (χ0) is 33.4. The number of para-hydroxylation sites is 2. The molecule has 0 aliphatic carbocycles. The van der Waals surface area contributed by atoms with E-state index >= 15 is 0 Å². The first-order chi connectivity index (χ1) is 22.9. The van der Waals surface area contributed by atoms with Gasteiger partial charge in [-0.1, -0.05) is 99.5 Å². The van der Waals surface area contributed by atoms with Crippen molar-refractivity contribution < 1.29 is 8.83 Å². The lowest BCUT2D eigenvalue weighted by Gasteiger charge is -2.06. The minimum Gasteiger partial charge on any atom is -0.449 e. The van der Waals surface area contributed by atoms with Gasteiger partial charge in [-0.3, -0.25) is 9.59 Å². The van der Waals surface area contributed by atoms with Gasteiger partial charge in [0.2, 0.25) is 0 Å². The van der Waals surface area contributed by atoms with E-state index in [0.717, 1.165) is 54.3 Å². The molecule has 0 amide bonds. The zero-order valence-electron chi connectivity index (χ0n) is 27.7. The molecule has 0 aliphatic heterocycles.